The minimum absolute atomic E-state index is 0.210. The highest BCUT2D eigenvalue weighted by atomic mass is 32.1. The maximum absolute atomic E-state index is 13.1. The third-order valence-corrected chi connectivity index (χ3v) is 3.93. The molecule has 0 saturated carbocycles. The van der Waals surface area contributed by atoms with Crippen LogP contribution in [0.1, 0.15) is 5.56 Å². The SMILES string of the molecule is NCc1ccc(-c2cc3cc(F)ccc3s2)nc1. The lowest BCUT2D eigenvalue weighted by atomic mass is 10.2. The van der Waals surface area contributed by atoms with E-state index in [-0.39, 0.29) is 5.82 Å². The number of nitrogens with two attached hydrogens (primary N) is 1. The summed E-state index contributed by atoms with van der Waals surface area (Å²) in [7, 11) is 0. The second-order valence-electron chi connectivity index (χ2n) is 4.05. The van der Waals surface area contributed by atoms with E-state index in [0.717, 1.165) is 26.2 Å². The molecule has 0 aliphatic heterocycles. The molecule has 18 heavy (non-hydrogen) atoms. The predicted molar refractivity (Wildman–Crippen MR) is 72.9 cm³/mol. The van der Waals surface area contributed by atoms with Crippen LogP contribution in [-0.4, -0.2) is 4.98 Å². The molecular formula is C14H11FN2S. The van der Waals surface area contributed by atoms with Gasteiger partial charge in [0.05, 0.1) is 10.6 Å². The summed E-state index contributed by atoms with van der Waals surface area (Å²) < 4.78 is 14.2. The first-order chi connectivity index (χ1) is 8.76. The van der Waals surface area contributed by atoms with E-state index in [0.29, 0.717) is 6.54 Å². The zero-order chi connectivity index (χ0) is 12.5. The number of fused-ring (bicyclic) bond motifs is 1. The van der Waals surface area contributed by atoms with E-state index < -0.39 is 0 Å². The van der Waals surface area contributed by atoms with E-state index in [4.69, 9.17) is 5.73 Å². The number of pyridine rings is 1. The minimum Gasteiger partial charge on any atom is -0.326 e. The van der Waals surface area contributed by atoms with Gasteiger partial charge >= 0.3 is 0 Å². The topological polar surface area (TPSA) is 38.9 Å². The highest BCUT2D eigenvalue weighted by Crippen LogP contribution is 2.32. The van der Waals surface area contributed by atoms with Crippen LogP contribution in [0.5, 0.6) is 0 Å². The highest BCUT2D eigenvalue weighted by Gasteiger charge is 2.06. The van der Waals surface area contributed by atoms with E-state index in [9.17, 15) is 4.39 Å². The zero-order valence-electron chi connectivity index (χ0n) is 9.56. The normalized spacial score (nSPS) is 11.0. The van der Waals surface area contributed by atoms with Gasteiger partial charge in [-0.1, -0.05) is 6.07 Å². The number of hydrogen-bond donors (Lipinski definition) is 1. The van der Waals surface area contributed by atoms with Crippen molar-refractivity contribution in [3.8, 4) is 10.6 Å². The lowest BCUT2D eigenvalue weighted by Gasteiger charge is -1.98. The van der Waals surface area contributed by atoms with Crippen molar-refractivity contribution in [2.24, 2.45) is 5.73 Å². The molecule has 0 spiro atoms. The van der Waals surface area contributed by atoms with Gasteiger partial charge in [-0.05, 0) is 41.3 Å². The molecule has 0 amide bonds. The van der Waals surface area contributed by atoms with Crippen LogP contribution in [0, 0.1) is 5.82 Å². The predicted octanol–water partition coefficient (Wildman–Crippen LogP) is 3.56. The molecule has 2 heterocycles. The molecule has 2 nitrogen and oxygen atoms in total. The Bertz CT molecular complexity index is 689. The molecule has 0 aliphatic carbocycles. The number of rotatable bonds is 2. The van der Waals surface area contributed by atoms with Crippen molar-refractivity contribution < 1.29 is 4.39 Å². The zero-order valence-corrected chi connectivity index (χ0v) is 10.4. The molecule has 2 aromatic heterocycles. The molecule has 0 unspecified atom stereocenters. The Hall–Kier alpha value is -1.78. The first kappa shape index (κ1) is 11.3. The van der Waals surface area contributed by atoms with E-state index in [1.807, 2.05) is 18.2 Å². The van der Waals surface area contributed by atoms with Gasteiger partial charge in [-0.25, -0.2) is 4.39 Å². The van der Waals surface area contributed by atoms with Gasteiger partial charge < -0.3 is 5.73 Å². The van der Waals surface area contributed by atoms with Gasteiger partial charge in [0.15, 0.2) is 0 Å². The largest absolute Gasteiger partial charge is 0.326 e. The maximum Gasteiger partial charge on any atom is 0.123 e. The quantitative estimate of drug-likeness (QED) is 0.763. The summed E-state index contributed by atoms with van der Waals surface area (Å²) in [5.41, 5.74) is 7.44. The molecule has 0 bridgehead atoms. The van der Waals surface area contributed by atoms with E-state index >= 15 is 0 Å². The van der Waals surface area contributed by atoms with Gasteiger partial charge in [-0.3, -0.25) is 4.98 Å². The molecule has 0 saturated heterocycles. The monoisotopic (exact) mass is 258 g/mol. The number of nitrogens with zero attached hydrogens (tertiary/aromatic N) is 1. The van der Waals surface area contributed by atoms with Crippen LogP contribution >= 0.6 is 11.3 Å². The van der Waals surface area contributed by atoms with Crippen LogP contribution in [0.25, 0.3) is 20.7 Å². The van der Waals surface area contributed by atoms with Crippen LogP contribution in [0.15, 0.2) is 42.6 Å². The molecule has 90 valence electrons. The molecule has 1 aromatic carbocycles. The van der Waals surface area contributed by atoms with Crippen molar-refractivity contribution in [1.29, 1.82) is 0 Å². The standard InChI is InChI=1S/C14H11FN2S/c15-11-2-4-13-10(5-11)6-14(18-13)12-3-1-9(7-16)8-17-12/h1-6,8H,7,16H2. The van der Waals surface area contributed by atoms with Crippen molar-refractivity contribution in [2.45, 2.75) is 6.54 Å². The minimum atomic E-state index is -0.210. The Morgan fingerprint density at radius 1 is 1.17 bits per heavy atom. The first-order valence-electron chi connectivity index (χ1n) is 5.61. The molecule has 4 heteroatoms. The Morgan fingerprint density at radius 3 is 2.78 bits per heavy atom. The van der Waals surface area contributed by atoms with Gasteiger partial charge in [0.2, 0.25) is 0 Å². The number of halogens is 1. The van der Waals surface area contributed by atoms with Crippen LogP contribution < -0.4 is 5.73 Å². The van der Waals surface area contributed by atoms with Crippen LogP contribution in [0.3, 0.4) is 0 Å². The highest BCUT2D eigenvalue weighted by molar-refractivity contribution is 7.22. The van der Waals surface area contributed by atoms with Crippen molar-refractivity contribution in [3.05, 3.63) is 54.0 Å². The lowest BCUT2D eigenvalue weighted by molar-refractivity contribution is 0.630. The number of aromatic nitrogens is 1. The smallest absolute Gasteiger partial charge is 0.123 e. The average molecular weight is 258 g/mol. The third kappa shape index (κ3) is 2.00. The van der Waals surface area contributed by atoms with Crippen LogP contribution in [-0.2, 0) is 6.54 Å². The fourth-order valence-electron chi connectivity index (χ4n) is 1.83. The Balaban J connectivity index is 2.07. The Labute approximate surface area is 108 Å². The molecule has 3 aromatic rings. The van der Waals surface area contributed by atoms with Gasteiger partial charge in [-0.2, -0.15) is 0 Å². The molecule has 3 rings (SSSR count). The van der Waals surface area contributed by atoms with Gasteiger partial charge in [0.1, 0.15) is 5.82 Å². The van der Waals surface area contributed by atoms with E-state index in [2.05, 4.69) is 4.98 Å². The average Bonchev–Trinajstić information content (AvgIpc) is 2.81. The summed E-state index contributed by atoms with van der Waals surface area (Å²) in [6.07, 6.45) is 1.78. The van der Waals surface area contributed by atoms with Crippen molar-refractivity contribution in [3.63, 3.8) is 0 Å². The fraction of sp³-hybridized carbons (Fsp3) is 0.0714. The lowest BCUT2D eigenvalue weighted by Crippen LogP contribution is -1.96. The summed E-state index contributed by atoms with van der Waals surface area (Å²) in [6.45, 7) is 0.491. The number of thiophene rings is 1. The second kappa shape index (κ2) is 4.48. The van der Waals surface area contributed by atoms with E-state index in [1.165, 1.54) is 6.07 Å². The molecule has 0 aliphatic rings. The van der Waals surface area contributed by atoms with Crippen molar-refractivity contribution in [1.82, 2.24) is 4.98 Å². The summed E-state index contributed by atoms with van der Waals surface area (Å²) >= 11 is 1.61. The van der Waals surface area contributed by atoms with Crippen LogP contribution in [0.4, 0.5) is 4.39 Å². The molecular weight excluding hydrogens is 247 g/mol. The molecule has 0 atom stereocenters. The van der Waals surface area contributed by atoms with Gasteiger partial charge in [0, 0.05) is 17.4 Å². The Kier molecular flexibility index (Phi) is 2.81. The van der Waals surface area contributed by atoms with Crippen molar-refractivity contribution in [2.75, 3.05) is 0 Å². The van der Waals surface area contributed by atoms with Gasteiger partial charge in [-0.15, -0.1) is 11.3 Å². The second-order valence-corrected chi connectivity index (χ2v) is 5.13. The number of hydrogen-bond acceptors (Lipinski definition) is 3. The Morgan fingerprint density at radius 2 is 2.06 bits per heavy atom. The first-order valence-corrected chi connectivity index (χ1v) is 6.42. The summed E-state index contributed by atoms with van der Waals surface area (Å²) in [5, 5.41) is 0.916. The van der Waals surface area contributed by atoms with Crippen molar-refractivity contribution >= 4 is 21.4 Å². The van der Waals surface area contributed by atoms with E-state index in [1.54, 1.807) is 29.7 Å². The summed E-state index contributed by atoms with van der Waals surface area (Å²) in [5.74, 6) is -0.210. The third-order valence-electron chi connectivity index (χ3n) is 2.79. The molecule has 0 fully saturated rings. The summed E-state index contributed by atoms with van der Waals surface area (Å²) in [4.78, 5) is 5.42. The van der Waals surface area contributed by atoms with Gasteiger partial charge in [0.25, 0.3) is 0 Å². The molecule has 0 radical (unpaired) electrons. The molecule has 2 N–H and O–H groups in total. The fourth-order valence-corrected chi connectivity index (χ4v) is 2.85. The maximum atomic E-state index is 13.1. The summed E-state index contributed by atoms with van der Waals surface area (Å²) in [6, 6.07) is 10.7. The van der Waals surface area contributed by atoms with Crippen LogP contribution in [0.2, 0.25) is 0 Å². The number of benzene rings is 1.